The number of likely N-dealkylation sites (N-methyl/N-ethyl adjacent to an activating group) is 1. The maximum absolute atomic E-state index is 13.9. The number of halogens is 3. The quantitative estimate of drug-likeness (QED) is 0.0892. The highest BCUT2D eigenvalue weighted by Gasteiger charge is 2.42. The number of carbonyl (C=O) groups is 4. The van der Waals surface area contributed by atoms with Crippen molar-refractivity contribution in [2.45, 2.75) is 129 Å². The SMILES string of the molecule is COC(=O)N[C@H](C(=O)N1CCC[C@H]1c1nc(-c2ccc([C@H]3CC[C@H](c4ccc(-c5nc([C@@H]6CCCN6C(=O)[C@H](C(C)C)N(C)C(=O)O)[nH]c5Cl)cc4)N3c3ccc(C(C)(C)C)cc3Cl)cc2)c(Cl)[nH]1)C(C)C. The van der Waals surface area contributed by atoms with Crippen LogP contribution in [0.1, 0.15) is 139 Å². The second kappa shape index (κ2) is 21.4. The van der Waals surface area contributed by atoms with Gasteiger partial charge < -0.3 is 39.8 Å². The second-order valence-electron chi connectivity index (χ2n) is 21.1. The number of amides is 4. The summed E-state index contributed by atoms with van der Waals surface area (Å²) in [5, 5.41) is 13.9. The van der Waals surface area contributed by atoms with E-state index in [-0.39, 0.29) is 53.2 Å². The van der Waals surface area contributed by atoms with Gasteiger partial charge in [0, 0.05) is 31.3 Å². The predicted octanol–water partition coefficient (Wildman–Crippen LogP) is 12.1. The highest BCUT2D eigenvalue weighted by molar-refractivity contribution is 6.33. The lowest BCUT2D eigenvalue weighted by molar-refractivity contribution is -0.138. The Labute approximate surface area is 437 Å². The Morgan fingerprint density at radius 2 is 1.21 bits per heavy atom. The van der Waals surface area contributed by atoms with Crippen LogP contribution >= 0.6 is 34.8 Å². The molecule has 4 amide bonds. The number of aromatic nitrogens is 4. The van der Waals surface area contributed by atoms with Crippen molar-refractivity contribution in [3.8, 4) is 22.5 Å². The molecule has 5 aromatic rings. The summed E-state index contributed by atoms with van der Waals surface area (Å²) < 4.78 is 4.81. The largest absolute Gasteiger partial charge is 0.465 e. The van der Waals surface area contributed by atoms with Crippen LogP contribution in [0.4, 0.5) is 15.3 Å². The fourth-order valence-corrected chi connectivity index (χ4v) is 11.6. The Morgan fingerprint density at radius 3 is 1.62 bits per heavy atom. The molecular formula is C54H66Cl3N9O6. The normalized spacial score (nSPS) is 20.1. The van der Waals surface area contributed by atoms with E-state index >= 15 is 0 Å². The monoisotopic (exact) mass is 1040 g/mol. The average Bonchev–Trinajstić information content (AvgIpc) is 4.21. The Balaban J connectivity index is 1.05. The summed E-state index contributed by atoms with van der Waals surface area (Å²) in [4.78, 5) is 75.2. The Morgan fingerprint density at radius 1 is 0.722 bits per heavy atom. The van der Waals surface area contributed by atoms with Crippen LogP contribution < -0.4 is 10.2 Å². The first-order valence-electron chi connectivity index (χ1n) is 24.9. The Kier molecular flexibility index (Phi) is 15.6. The number of nitrogens with one attached hydrogen (secondary N) is 3. The molecule has 384 valence electrons. The van der Waals surface area contributed by atoms with E-state index in [1.165, 1.54) is 14.2 Å². The molecule has 0 saturated carbocycles. The van der Waals surface area contributed by atoms with Gasteiger partial charge in [-0.3, -0.25) is 14.5 Å². The van der Waals surface area contributed by atoms with Gasteiger partial charge in [-0.15, -0.1) is 0 Å². The van der Waals surface area contributed by atoms with Gasteiger partial charge in [-0.05, 0) is 84.6 Å². The van der Waals surface area contributed by atoms with Gasteiger partial charge in [0.1, 0.15) is 45.4 Å². The number of methoxy groups -OCH3 is 1. The van der Waals surface area contributed by atoms with Crippen LogP contribution in [0.3, 0.4) is 0 Å². The number of likely N-dealkylation sites (tertiary alicyclic amines) is 2. The molecule has 3 aromatic carbocycles. The fraction of sp³-hybridized carbons (Fsp3) is 0.481. The van der Waals surface area contributed by atoms with Crippen molar-refractivity contribution in [3.63, 3.8) is 0 Å². The van der Waals surface area contributed by atoms with Crippen LogP contribution in [-0.4, -0.2) is 103 Å². The van der Waals surface area contributed by atoms with Crippen molar-refractivity contribution >= 4 is 64.5 Å². The van der Waals surface area contributed by atoms with Crippen molar-refractivity contribution in [3.05, 3.63) is 110 Å². The van der Waals surface area contributed by atoms with Crippen LogP contribution in [0.15, 0.2) is 66.7 Å². The molecule has 2 aromatic heterocycles. The first-order valence-corrected chi connectivity index (χ1v) is 26.0. The van der Waals surface area contributed by atoms with Crippen molar-refractivity contribution in [2.24, 2.45) is 11.8 Å². The first kappa shape index (κ1) is 52.5. The molecule has 3 aliphatic rings. The number of hydrogen-bond acceptors (Lipinski definition) is 8. The van der Waals surface area contributed by atoms with Crippen LogP contribution in [-0.2, 0) is 19.7 Å². The van der Waals surface area contributed by atoms with E-state index in [1.807, 2.05) is 52.0 Å². The first-order chi connectivity index (χ1) is 34.2. The minimum Gasteiger partial charge on any atom is -0.465 e. The number of alkyl carbamates (subject to hydrolysis) is 1. The summed E-state index contributed by atoms with van der Waals surface area (Å²) in [6.07, 6.45) is 2.83. The number of rotatable bonds is 13. The van der Waals surface area contributed by atoms with Gasteiger partial charge in [0.15, 0.2) is 0 Å². The standard InChI is InChI=1S/C54H66Cl3N9O6/c1-29(2)42(60-52(69)72-9)50(67)64-26-10-12-40(64)48-58-43(46(56)61-48)33-18-14-31(15-19-33)37-24-25-38(66(37)39-23-22-35(28-36(39)55)54(5,6)7)32-16-20-34(21-17-32)44-47(57)62-49(59-44)41-13-11-27-65(41)51(68)45(30(3)4)63(8)53(70)71/h14-23,28-30,37-38,40-42,45H,10-13,24-27H2,1-9H3,(H,58,61)(H,59,62)(H,60,69)(H,70,71)/t37-,38-,40+,41+,42+,45+/m1/s1. The van der Waals surface area contributed by atoms with Gasteiger partial charge in [0.05, 0.1) is 42.0 Å². The van der Waals surface area contributed by atoms with E-state index in [0.29, 0.717) is 64.3 Å². The van der Waals surface area contributed by atoms with Gasteiger partial charge >= 0.3 is 12.2 Å². The highest BCUT2D eigenvalue weighted by atomic mass is 35.5. The molecule has 4 N–H and O–H groups in total. The molecule has 72 heavy (non-hydrogen) atoms. The summed E-state index contributed by atoms with van der Waals surface area (Å²) in [5.41, 5.74) is 7.01. The lowest BCUT2D eigenvalue weighted by atomic mass is 9.87. The van der Waals surface area contributed by atoms with E-state index in [2.05, 4.69) is 83.4 Å². The molecule has 6 atom stereocenters. The van der Waals surface area contributed by atoms with Crippen molar-refractivity contribution in [2.75, 3.05) is 32.1 Å². The number of hydrogen-bond donors (Lipinski definition) is 4. The molecule has 0 unspecified atom stereocenters. The summed E-state index contributed by atoms with van der Waals surface area (Å²) in [6.45, 7) is 15.0. The maximum atomic E-state index is 13.9. The number of carboxylic acid groups (broad SMARTS) is 1. The van der Waals surface area contributed by atoms with Gasteiger partial charge in [0.2, 0.25) is 11.8 Å². The third-order valence-corrected chi connectivity index (χ3v) is 15.5. The molecule has 0 radical (unpaired) electrons. The third kappa shape index (κ3) is 10.5. The smallest absolute Gasteiger partial charge is 0.407 e. The molecule has 15 nitrogen and oxygen atoms in total. The molecule has 5 heterocycles. The Bertz CT molecular complexity index is 2790. The molecule has 3 fully saturated rings. The lowest BCUT2D eigenvalue weighted by Crippen LogP contribution is -2.51. The van der Waals surface area contributed by atoms with Crippen molar-refractivity contribution in [1.82, 2.24) is 40.0 Å². The zero-order chi connectivity index (χ0) is 51.9. The highest BCUT2D eigenvalue weighted by Crippen LogP contribution is 2.50. The van der Waals surface area contributed by atoms with E-state index in [0.717, 1.165) is 64.1 Å². The number of nitrogens with zero attached hydrogens (tertiary/aromatic N) is 6. The summed E-state index contributed by atoms with van der Waals surface area (Å²) in [5.74, 6) is 0.356. The third-order valence-electron chi connectivity index (χ3n) is 14.7. The molecule has 0 aliphatic carbocycles. The molecule has 8 rings (SSSR count). The topological polar surface area (TPSA) is 180 Å². The number of anilines is 1. The number of ether oxygens (including phenoxy) is 1. The zero-order valence-corrected chi connectivity index (χ0v) is 44.7. The van der Waals surface area contributed by atoms with Crippen LogP contribution in [0.2, 0.25) is 15.3 Å². The zero-order valence-electron chi connectivity index (χ0n) is 42.4. The maximum Gasteiger partial charge on any atom is 0.407 e. The average molecular weight is 1040 g/mol. The number of benzene rings is 3. The minimum atomic E-state index is -1.15. The molecular weight excluding hydrogens is 977 g/mol. The predicted molar refractivity (Wildman–Crippen MR) is 281 cm³/mol. The lowest BCUT2D eigenvalue weighted by Gasteiger charge is -2.34. The number of aromatic amines is 2. The van der Waals surface area contributed by atoms with Gasteiger partial charge in [-0.2, -0.15) is 0 Å². The van der Waals surface area contributed by atoms with Gasteiger partial charge in [-0.1, -0.05) is 138 Å². The summed E-state index contributed by atoms with van der Waals surface area (Å²) in [7, 11) is 2.72. The molecule has 3 saturated heterocycles. The van der Waals surface area contributed by atoms with Gasteiger partial charge in [-0.25, -0.2) is 19.6 Å². The van der Waals surface area contributed by atoms with Crippen molar-refractivity contribution in [1.29, 1.82) is 0 Å². The van der Waals surface area contributed by atoms with Gasteiger partial charge in [0.25, 0.3) is 0 Å². The number of carbonyl (C=O) groups excluding carboxylic acids is 3. The fourth-order valence-electron chi connectivity index (χ4n) is 10.8. The minimum absolute atomic E-state index is 0.0246. The molecule has 18 heteroatoms. The number of imidazole rings is 2. The van der Waals surface area contributed by atoms with E-state index in [9.17, 15) is 24.3 Å². The van der Waals surface area contributed by atoms with Crippen LogP contribution in [0.5, 0.6) is 0 Å². The van der Waals surface area contributed by atoms with Crippen molar-refractivity contribution < 1.29 is 29.0 Å². The molecule has 0 spiro atoms. The van der Waals surface area contributed by atoms with Crippen LogP contribution in [0, 0.1) is 11.8 Å². The van der Waals surface area contributed by atoms with E-state index < -0.39 is 24.3 Å². The Hall–Kier alpha value is -5.77. The molecule has 3 aliphatic heterocycles. The number of H-pyrrole nitrogens is 2. The van der Waals surface area contributed by atoms with Crippen LogP contribution in [0.25, 0.3) is 22.5 Å². The van der Waals surface area contributed by atoms with E-state index in [1.54, 1.807) is 9.80 Å². The molecule has 0 bridgehead atoms. The second-order valence-corrected chi connectivity index (χ2v) is 22.2. The summed E-state index contributed by atoms with van der Waals surface area (Å²) in [6, 6.07) is 20.7. The van der Waals surface area contributed by atoms with E-state index in [4.69, 9.17) is 49.5 Å². The summed E-state index contributed by atoms with van der Waals surface area (Å²) >= 11 is 21.0.